The number of aromatic nitrogens is 2. The van der Waals surface area contributed by atoms with Crippen LogP contribution in [0.3, 0.4) is 0 Å². The molecule has 0 spiro atoms. The van der Waals surface area contributed by atoms with Gasteiger partial charge in [0.05, 0.1) is 17.7 Å². The number of ether oxygens (including phenoxy) is 1. The fourth-order valence-corrected chi connectivity index (χ4v) is 2.32. The molecule has 0 atom stereocenters. The third kappa shape index (κ3) is 3.31. The number of hydrogen-bond donors (Lipinski definition) is 1. The van der Waals surface area contributed by atoms with Crippen LogP contribution in [0.5, 0.6) is 0 Å². The molecule has 0 aliphatic heterocycles. The average molecular weight is 318 g/mol. The first-order valence-corrected chi connectivity index (χ1v) is 7.38. The van der Waals surface area contributed by atoms with Crippen LogP contribution in [0, 0.1) is 11.3 Å². The molecule has 1 N–H and O–H groups in total. The maximum atomic E-state index is 12.2. The van der Waals surface area contributed by atoms with E-state index < -0.39 is 5.97 Å². The summed E-state index contributed by atoms with van der Waals surface area (Å²) >= 11 is 0. The van der Waals surface area contributed by atoms with E-state index in [1.54, 1.807) is 36.8 Å². The summed E-state index contributed by atoms with van der Waals surface area (Å²) in [6, 6.07) is 12.7. The predicted molar refractivity (Wildman–Crippen MR) is 89.5 cm³/mol. The molecular weight excluding hydrogens is 304 g/mol. The molecular formula is C18H14N4O2. The summed E-state index contributed by atoms with van der Waals surface area (Å²) in [5.41, 5.74) is 0.931. The van der Waals surface area contributed by atoms with Crippen molar-refractivity contribution in [3.63, 3.8) is 0 Å². The van der Waals surface area contributed by atoms with Crippen LogP contribution in [0.25, 0.3) is 10.8 Å². The van der Waals surface area contributed by atoms with E-state index in [4.69, 9.17) is 10.00 Å². The van der Waals surface area contributed by atoms with E-state index in [0.29, 0.717) is 23.5 Å². The van der Waals surface area contributed by atoms with E-state index in [1.807, 2.05) is 18.2 Å². The second-order valence-corrected chi connectivity index (χ2v) is 4.98. The van der Waals surface area contributed by atoms with Gasteiger partial charge in [-0.25, -0.2) is 9.78 Å². The summed E-state index contributed by atoms with van der Waals surface area (Å²) < 4.78 is 5.29. The summed E-state index contributed by atoms with van der Waals surface area (Å²) in [6.45, 7) is 0.525. The van der Waals surface area contributed by atoms with Gasteiger partial charge in [-0.2, -0.15) is 5.26 Å². The Balaban J connectivity index is 1.61. The normalized spacial score (nSPS) is 10.1. The monoisotopic (exact) mass is 318 g/mol. The predicted octanol–water partition coefficient (Wildman–Crippen LogP) is 2.77. The van der Waals surface area contributed by atoms with Crippen LogP contribution in [0.4, 0.5) is 5.82 Å². The number of anilines is 1. The van der Waals surface area contributed by atoms with E-state index >= 15 is 0 Å². The molecule has 24 heavy (non-hydrogen) atoms. The minimum absolute atomic E-state index is 0.164. The number of hydrogen-bond acceptors (Lipinski definition) is 6. The molecule has 2 heterocycles. The highest BCUT2D eigenvalue weighted by atomic mass is 16.5. The summed E-state index contributed by atoms with van der Waals surface area (Å²) in [5, 5.41) is 13.7. The Morgan fingerprint density at radius 2 is 2.12 bits per heavy atom. The second kappa shape index (κ2) is 7.20. The highest BCUT2D eigenvalue weighted by Gasteiger charge is 2.11. The zero-order valence-electron chi connectivity index (χ0n) is 12.8. The Kier molecular flexibility index (Phi) is 4.63. The van der Waals surface area contributed by atoms with Gasteiger partial charge in [-0.05, 0) is 29.7 Å². The molecule has 0 saturated carbocycles. The maximum absolute atomic E-state index is 12.2. The molecule has 0 radical (unpaired) electrons. The molecule has 0 bridgehead atoms. The highest BCUT2D eigenvalue weighted by Crippen LogP contribution is 2.18. The molecule has 6 heteroatoms. The molecule has 0 amide bonds. The first-order valence-electron chi connectivity index (χ1n) is 7.38. The van der Waals surface area contributed by atoms with E-state index in [9.17, 15) is 4.79 Å². The van der Waals surface area contributed by atoms with Crippen LogP contribution in [0.1, 0.15) is 15.9 Å². The van der Waals surface area contributed by atoms with Crippen LogP contribution in [-0.2, 0) is 4.74 Å². The minimum Gasteiger partial charge on any atom is -0.460 e. The van der Waals surface area contributed by atoms with Crippen molar-refractivity contribution in [2.45, 2.75) is 0 Å². The molecule has 3 aromatic rings. The number of nitrogens with one attached hydrogen (secondary N) is 1. The van der Waals surface area contributed by atoms with E-state index in [-0.39, 0.29) is 6.61 Å². The highest BCUT2D eigenvalue weighted by molar-refractivity contribution is 6.04. The van der Waals surface area contributed by atoms with Gasteiger partial charge in [-0.15, -0.1) is 0 Å². The molecule has 1 aromatic carbocycles. The number of nitriles is 1. The first-order chi connectivity index (χ1) is 11.8. The second-order valence-electron chi connectivity index (χ2n) is 4.98. The molecule has 118 valence electrons. The van der Waals surface area contributed by atoms with Gasteiger partial charge in [0.15, 0.2) is 0 Å². The Hall–Kier alpha value is -3.46. The fraction of sp³-hybridized carbons (Fsp3) is 0.111. The lowest BCUT2D eigenvalue weighted by Crippen LogP contribution is -2.15. The average Bonchev–Trinajstić information content (AvgIpc) is 2.65. The van der Waals surface area contributed by atoms with Gasteiger partial charge in [0, 0.05) is 24.0 Å². The third-order valence-corrected chi connectivity index (χ3v) is 3.46. The number of nitrogens with zero attached hydrogens (tertiary/aromatic N) is 3. The number of esters is 1. The van der Waals surface area contributed by atoms with Crippen molar-refractivity contribution in [2.24, 2.45) is 0 Å². The Morgan fingerprint density at radius 3 is 3.00 bits per heavy atom. The summed E-state index contributed by atoms with van der Waals surface area (Å²) in [6.07, 6.45) is 4.93. The Labute approximate surface area is 138 Å². The Morgan fingerprint density at radius 1 is 1.21 bits per heavy atom. The van der Waals surface area contributed by atoms with Gasteiger partial charge in [-0.3, -0.25) is 4.98 Å². The van der Waals surface area contributed by atoms with Gasteiger partial charge in [0.25, 0.3) is 0 Å². The van der Waals surface area contributed by atoms with E-state index in [1.165, 1.54) is 0 Å². The van der Waals surface area contributed by atoms with Crippen molar-refractivity contribution in [1.29, 1.82) is 5.26 Å². The molecule has 0 fully saturated rings. The smallest absolute Gasteiger partial charge is 0.338 e. The zero-order valence-corrected chi connectivity index (χ0v) is 12.8. The number of carbonyl (C=O) groups excluding carboxylic acids is 1. The lowest BCUT2D eigenvalue weighted by molar-refractivity contribution is 0.0523. The van der Waals surface area contributed by atoms with Gasteiger partial charge in [0.2, 0.25) is 0 Å². The zero-order chi connectivity index (χ0) is 16.8. The number of pyridine rings is 2. The van der Waals surface area contributed by atoms with Crippen LogP contribution in [-0.4, -0.2) is 29.1 Å². The first kappa shape index (κ1) is 15.4. The lowest BCUT2D eigenvalue weighted by atomic mass is 10.1. The van der Waals surface area contributed by atoms with Crippen LogP contribution in [0.2, 0.25) is 0 Å². The number of carbonyl (C=O) groups is 1. The summed E-state index contributed by atoms with van der Waals surface area (Å²) in [4.78, 5) is 20.4. The fourth-order valence-electron chi connectivity index (χ4n) is 2.32. The van der Waals surface area contributed by atoms with Gasteiger partial charge in [0.1, 0.15) is 18.5 Å². The number of fused-ring (bicyclic) bond motifs is 1. The van der Waals surface area contributed by atoms with Gasteiger partial charge >= 0.3 is 5.97 Å². The standard InChI is InChI=1S/C18H14N4O2/c19-11-14-4-2-7-21-17(14)22-9-10-24-18(23)15-5-1-3-13-6-8-20-12-16(13)15/h1-8,12H,9-10H2,(H,21,22). The molecule has 3 rings (SSSR count). The third-order valence-electron chi connectivity index (χ3n) is 3.46. The van der Waals surface area contributed by atoms with Crippen molar-refractivity contribution in [2.75, 3.05) is 18.5 Å². The van der Waals surface area contributed by atoms with Crippen molar-refractivity contribution in [1.82, 2.24) is 9.97 Å². The Bertz CT molecular complexity index is 913. The van der Waals surface area contributed by atoms with Crippen LogP contribution < -0.4 is 5.32 Å². The van der Waals surface area contributed by atoms with Crippen molar-refractivity contribution in [3.8, 4) is 6.07 Å². The van der Waals surface area contributed by atoms with E-state index in [2.05, 4.69) is 21.4 Å². The number of benzene rings is 1. The van der Waals surface area contributed by atoms with Gasteiger partial charge < -0.3 is 10.1 Å². The molecule has 0 aliphatic carbocycles. The molecule has 2 aromatic heterocycles. The maximum Gasteiger partial charge on any atom is 0.338 e. The number of rotatable bonds is 5. The van der Waals surface area contributed by atoms with Gasteiger partial charge in [-0.1, -0.05) is 12.1 Å². The molecule has 0 saturated heterocycles. The lowest BCUT2D eigenvalue weighted by Gasteiger charge is -2.09. The van der Waals surface area contributed by atoms with Crippen molar-refractivity contribution >= 4 is 22.6 Å². The topological polar surface area (TPSA) is 87.9 Å². The van der Waals surface area contributed by atoms with Crippen molar-refractivity contribution in [3.05, 3.63) is 66.1 Å². The summed E-state index contributed by atoms with van der Waals surface area (Å²) in [7, 11) is 0. The molecule has 0 aliphatic rings. The SMILES string of the molecule is N#Cc1cccnc1NCCOC(=O)c1cccc2ccncc12. The van der Waals surface area contributed by atoms with Crippen LogP contribution >= 0.6 is 0 Å². The molecule has 6 nitrogen and oxygen atoms in total. The van der Waals surface area contributed by atoms with Crippen molar-refractivity contribution < 1.29 is 9.53 Å². The quantitative estimate of drug-likeness (QED) is 0.575. The molecule has 0 unspecified atom stereocenters. The minimum atomic E-state index is -0.406. The van der Waals surface area contributed by atoms with Crippen LogP contribution in [0.15, 0.2) is 55.0 Å². The largest absolute Gasteiger partial charge is 0.460 e. The van der Waals surface area contributed by atoms with E-state index in [0.717, 1.165) is 10.8 Å². The summed E-state index contributed by atoms with van der Waals surface area (Å²) in [5.74, 6) is 0.0716.